The van der Waals surface area contributed by atoms with E-state index in [1.165, 1.54) is 0 Å². The molecule has 4 heterocycles. The SMILES string of the molecule is O=C(CCCC(=O)ON1C(=O)CC(S(=O)(=O)[O-])C1=O)NCCC(=O)N1Cc2ccccc2C#Cc2ccccc21.O=C(O)CCCC(=O)NCCC(=O)N1Cc2ccccc2C#Cc2ccccc21.O=C1CC(S(=O)(=O)[O-])C(=O)N1O.[Na+].[Na+]. The van der Waals surface area contributed by atoms with Gasteiger partial charge in [-0.1, -0.05) is 84.3 Å². The fourth-order valence-corrected chi connectivity index (χ4v) is 9.52. The fraction of sp³-hybridized carbons (Fsp3) is 0.296. The van der Waals surface area contributed by atoms with Crippen LogP contribution in [0.4, 0.5) is 11.4 Å². The average molecular weight is 1200 g/mol. The van der Waals surface area contributed by atoms with Crippen molar-refractivity contribution in [1.82, 2.24) is 20.8 Å². The van der Waals surface area contributed by atoms with Gasteiger partial charge < -0.3 is 39.5 Å². The van der Waals surface area contributed by atoms with E-state index >= 15 is 0 Å². The van der Waals surface area contributed by atoms with Crippen molar-refractivity contribution in [3.63, 3.8) is 0 Å². The summed E-state index contributed by atoms with van der Waals surface area (Å²) in [5.41, 5.74) is 6.52. The number of hydrogen-bond donors (Lipinski definition) is 4. The number of amides is 8. The number of carboxylic acids is 1. The quantitative estimate of drug-likeness (QED) is 0.0254. The summed E-state index contributed by atoms with van der Waals surface area (Å²) >= 11 is 0. The van der Waals surface area contributed by atoms with Gasteiger partial charge in [0.1, 0.15) is 30.7 Å². The first kappa shape index (κ1) is 68.4. The van der Waals surface area contributed by atoms with E-state index in [2.05, 4.69) is 39.2 Å². The van der Waals surface area contributed by atoms with Gasteiger partial charge in [-0.2, -0.15) is 5.06 Å². The van der Waals surface area contributed by atoms with Gasteiger partial charge in [-0.15, -0.1) is 5.06 Å². The Kier molecular flexibility index (Phi) is 26.0. The van der Waals surface area contributed by atoms with E-state index in [1.807, 2.05) is 97.1 Å². The summed E-state index contributed by atoms with van der Waals surface area (Å²) in [5.74, 6) is 4.61. The molecule has 4 aromatic carbocycles. The van der Waals surface area contributed by atoms with Crippen LogP contribution in [0.15, 0.2) is 97.1 Å². The Balaban J connectivity index is 0.000000300. The third-order valence-electron chi connectivity index (χ3n) is 12.3. The Morgan fingerprint density at radius 1 is 0.542 bits per heavy atom. The third kappa shape index (κ3) is 19.5. The number of benzene rings is 4. The summed E-state index contributed by atoms with van der Waals surface area (Å²) < 4.78 is 64.0. The molecular formula is C54H50N6Na2O19S2. The molecule has 0 aromatic heterocycles. The largest absolute Gasteiger partial charge is 1.00 e. The monoisotopic (exact) mass is 1200 g/mol. The predicted octanol–water partition coefficient (Wildman–Crippen LogP) is -4.51. The number of aliphatic carboxylic acids is 1. The van der Waals surface area contributed by atoms with Gasteiger partial charge in [0.2, 0.25) is 23.6 Å². The molecule has 2 atom stereocenters. The number of anilines is 2. The van der Waals surface area contributed by atoms with Gasteiger partial charge in [-0.3, -0.25) is 48.4 Å². The number of fused-ring (bicyclic) bond motifs is 4. The standard InChI is InChI=1S/C27H25N3O9S.C23H22N2O4.C4H5NO6S.2Na/c31-23(10-5-11-26(34)39-30-25(33)16-22(27(30)35)40(36,37)38)28-15-14-24(32)29-17-20-8-2-1-6-18(20)12-13-19-7-3-4-9-21(19)29;26-21(10-5-11-23(28)29)24-15-14-22(27)25-16-19-8-2-1-6-17(19)12-13-18-7-3-4-9-20(18)25;6-3-1-2(12(9,10)11)4(7)5(3)8;;/h1-4,6-9,22H,5,10-11,14-17H2,(H,28,31)(H,36,37,38);1-4,6-9H,5,10-11,14-16H2,(H,24,26)(H,28,29);2,8H,1H2,(H,9,10,11);;/q;;;2*+1/p-2. The maximum absolute atomic E-state index is 13.2. The zero-order valence-electron chi connectivity index (χ0n) is 44.7. The molecule has 2 saturated heterocycles. The van der Waals surface area contributed by atoms with Crippen LogP contribution in [-0.4, -0.2) is 129 Å². The molecule has 0 radical (unpaired) electrons. The second-order valence-corrected chi connectivity index (χ2v) is 21.1. The van der Waals surface area contributed by atoms with Crippen molar-refractivity contribution in [2.75, 3.05) is 22.9 Å². The molecule has 83 heavy (non-hydrogen) atoms. The van der Waals surface area contributed by atoms with Crippen molar-refractivity contribution in [1.29, 1.82) is 0 Å². The number of para-hydroxylation sites is 2. The van der Waals surface area contributed by atoms with Crippen LogP contribution in [0.1, 0.15) is 97.6 Å². The Morgan fingerprint density at radius 3 is 1.33 bits per heavy atom. The Bertz CT molecular complexity index is 3540. The fourth-order valence-electron chi connectivity index (χ4n) is 8.14. The number of hydroxylamine groups is 4. The van der Waals surface area contributed by atoms with Crippen LogP contribution in [0.3, 0.4) is 0 Å². The molecule has 4 aliphatic rings. The van der Waals surface area contributed by atoms with Gasteiger partial charge >= 0.3 is 71.1 Å². The molecule has 0 spiro atoms. The second kappa shape index (κ2) is 31.5. The van der Waals surface area contributed by atoms with Gasteiger partial charge in [-0.25, -0.2) is 21.6 Å². The first-order valence-electron chi connectivity index (χ1n) is 24.7. The Hall–Kier alpha value is -7.12. The summed E-state index contributed by atoms with van der Waals surface area (Å²) in [6.45, 7) is 0.986. The number of nitrogens with one attached hydrogen (secondary N) is 2. The van der Waals surface area contributed by atoms with Crippen molar-refractivity contribution in [2.45, 2.75) is 87.8 Å². The molecule has 4 aromatic rings. The predicted molar refractivity (Wildman–Crippen MR) is 278 cm³/mol. The van der Waals surface area contributed by atoms with Crippen molar-refractivity contribution in [2.24, 2.45) is 0 Å². The molecule has 29 heteroatoms. The van der Waals surface area contributed by atoms with Crippen LogP contribution in [0.2, 0.25) is 0 Å². The summed E-state index contributed by atoms with van der Waals surface area (Å²) in [5, 5.41) is 18.0. The number of nitrogens with zero attached hydrogens (tertiary/aromatic N) is 4. The van der Waals surface area contributed by atoms with Crippen molar-refractivity contribution >= 4 is 90.8 Å². The van der Waals surface area contributed by atoms with E-state index in [-0.39, 0.29) is 151 Å². The molecule has 0 saturated carbocycles. The number of carbonyl (C=O) groups is 10. The van der Waals surface area contributed by atoms with E-state index in [0.29, 0.717) is 24.3 Å². The molecule has 0 aliphatic carbocycles. The Morgan fingerprint density at radius 2 is 0.928 bits per heavy atom. The van der Waals surface area contributed by atoms with Gasteiger partial charge in [0.15, 0.2) is 0 Å². The molecule has 424 valence electrons. The number of carbonyl (C=O) groups excluding carboxylic acids is 9. The summed E-state index contributed by atoms with van der Waals surface area (Å²) in [4.78, 5) is 125. The molecule has 2 fully saturated rings. The molecule has 8 rings (SSSR count). The summed E-state index contributed by atoms with van der Waals surface area (Å²) in [7, 11) is -9.91. The van der Waals surface area contributed by atoms with Crippen LogP contribution >= 0.6 is 0 Å². The minimum Gasteiger partial charge on any atom is -0.747 e. The number of rotatable bonds is 17. The molecule has 4 aliphatic heterocycles. The molecule has 8 amide bonds. The maximum Gasteiger partial charge on any atom is 1.00 e. The van der Waals surface area contributed by atoms with E-state index < -0.39 is 85.1 Å². The van der Waals surface area contributed by atoms with Gasteiger partial charge in [0, 0.05) is 73.9 Å². The average Bonchev–Trinajstić information content (AvgIpc) is 3.85. The van der Waals surface area contributed by atoms with Crippen LogP contribution in [0.5, 0.6) is 0 Å². The number of imide groups is 2. The second-order valence-electron chi connectivity index (χ2n) is 18.0. The van der Waals surface area contributed by atoms with E-state index in [0.717, 1.165) is 33.5 Å². The van der Waals surface area contributed by atoms with E-state index in [9.17, 15) is 73.9 Å². The smallest absolute Gasteiger partial charge is 0.747 e. The number of carboxylic acid groups (broad SMARTS) is 1. The maximum atomic E-state index is 13.2. The Labute approximate surface area is 520 Å². The van der Waals surface area contributed by atoms with Crippen LogP contribution < -0.4 is 79.5 Å². The van der Waals surface area contributed by atoms with Gasteiger partial charge in [0.25, 0.3) is 23.6 Å². The van der Waals surface area contributed by atoms with E-state index in [1.54, 1.807) is 9.80 Å². The molecule has 0 bridgehead atoms. The minimum atomic E-state index is -5.07. The van der Waals surface area contributed by atoms with Gasteiger partial charge in [-0.05, 0) is 60.4 Å². The molecule has 2 unspecified atom stereocenters. The van der Waals surface area contributed by atoms with Gasteiger partial charge in [0.05, 0.1) is 37.3 Å². The van der Waals surface area contributed by atoms with Crippen molar-refractivity contribution < 1.29 is 148 Å². The van der Waals surface area contributed by atoms with Crippen LogP contribution in [0.25, 0.3) is 0 Å². The minimum absolute atomic E-state index is 0. The zero-order valence-corrected chi connectivity index (χ0v) is 50.4. The topological polar surface area (TPSA) is 372 Å². The first-order chi connectivity index (χ1) is 38.4. The molecular weight excluding hydrogens is 1150 g/mol. The third-order valence-corrected chi connectivity index (χ3v) is 14.4. The molecule has 25 nitrogen and oxygen atoms in total. The first-order valence-corrected chi connectivity index (χ1v) is 27.6. The summed E-state index contributed by atoms with van der Waals surface area (Å²) in [6, 6.07) is 30.1. The zero-order chi connectivity index (χ0) is 59.0. The normalized spacial score (nSPS) is 15.6. The van der Waals surface area contributed by atoms with Crippen LogP contribution in [0, 0.1) is 23.7 Å². The molecule has 4 N–H and O–H groups in total. The van der Waals surface area contributed by atoms with Crippen LogP contribution in [-0.2, 0) is 86.1 Å². The summed E-state index contributed by atoms with van der Waals surface area (Å²) in [6.07, 6.45) is -1.62. The van der Waals surface area contributed by atoms with E-state index in [4.69, 9.17) is 10.3 Å². The van der Waals surface area contributed by atoms with Crippen molar-refractivity contribution in [3.8, 4) is 23.7 Å². The number of hydrogen-bond acceptors (Lipinski definition) is 18. The van der Waals surface area contributed by atoms with Crippen molar-refractivity contribution in [3.05, 3.63) is 130 Å².